The molecule has 3 rings (SSSR count). The molecule has 0 aromatic rings. The van der Waals surface area contributed by atoms with E-state index in [-0.39, 0.29) is 0 Å². The molecule has 0 aromatic heterocycles. The summed E-state index contributed by atoms with van der Waals surface area (Å²) < 4.78 is 0. The monoisotopic (exact) mass is 505 g/mol. The molecule has 4 atom stereocenters. The lowest BCUT2D eigenvalue weighted by molar-refractivity contribution is 0.136. The van der Waals surface area contributed by atoms with E-state index in [1.165, 1.54) is 77.0 Å². The van der Waals surface area contributed by atoms with Gasteiger partial charge in [-0.15, -0.1) is 0 Å². The van der Waals surface area contributed by atoms with Gasteiger partial charge in [0.25, 0.3) is 0 Å². The Hall–Kier alpha value is 0. The molecule has 36 heavy (non-hydrogen) atoms. The van der Waals surface area contributed by atoms with Crippen molar-refractivity contribution in [1.82, 2.24) is 0 Å². The summed E-state index contributed by atoms with van der Waals surface area (Å²) in [5.41, 5.74) is 0. The molecule has 3 aliphatic carbocycles. The van der Waals surface area contributed by atoms with Crippen molar-refractivity contribution < 1.29 is 0 Å². The zero-order valence-electron chi connectivity index (χ0n) is 27.4. The number of rotatable bonds is 6. The second-order valence-corrected chi connectivity index (χ2v) is 15.4. The maximum Gasteiger partial charge on any atom is -0.0360 e. The Labute approximate surface area is 231 Å². The molecule has 0 spiro atoms. The van der Waals surface area contributed by atoms with Crippen LogP contribution in [0.1, 0.15) is 160 Å². The summed E-state index contributed by atoms with van der Waals surface area (Å²) >= 11 is 0. The molecule has 0 aliphatic heterocycles. The Balaban J connectivity index is 0.000000270. The van der Waals surface area contributed by atoms with Crippen LogP contribution in [0.25, 0.3) is 0 Å². The van der Waals surface area contributed by atoms with Crippen LogP contribution in [0.2, 0.25) is 0 Å². The Morgan fingerprint density at radius 2 is 0.611 bits per heavy atom. The fourth-order valence-corrected chi connectivity index (χ4v) is 7.80. The van der Waals surface area contributed by atoms with Gasteiger partial charge in [0.05, 0.1) is 0 Å². The van der Waals surface area contributed by atoms with Crippen molar-refractivity contribution in [2.75, 3.05) is 0 Å². The van der Waals surface area contributed by atoms with E-state index < -0.39 is 0 Å². The Bertz CT molecular complexity index is 470. The second kappa shape index (κ2) is 17.6. The predicted molar refractivity (Wildman–Crippen MR) is 165 cm³/mol. The minimum absolute atomic E-state index is 0.901. The zero-order chi connectivity index (χ0) is 27.4. The number of hydrogen-bond donors (Lipinski definition) is 0. The standard InChI is InChI=1S/3C12H24/c1-9(2)11-5-7-12(8-6-11)10(3)4;1-9(2)11-6-5-7-12(8-11)10(3)4;1-9(2)11-7-5-6-8-12(11)10(3)4/h3*9-12H,5-8H2,1-4H3. The second-order valence-electron chi connectivity index (χ2n) is 15.4. The summed E-state index contributed by atoms with van der Waals surface area (Å²) in [6, 6.07) is 0. The van der Waals surface area contributed by atoms with Crippen molar-refractivity contribution in [3.8, 4) is 0 Å². The summed E-state index contributed by atoms with van der Waals surface area (Å²) in [7, 11) is 0. The lowest BCUT2D eigenvalue weighted by Crippen LogP contribution is -2.27. The van der Waals surface area contributed by atoms with Gasteiger partial charge in [-0.25, -0.2) is 0 Å². The Morgan fingerprint density at radius 3 is 0.861 bits per heavy atom. The van der Waals surface area contributed by atoms with Gasteiger partial charge < -0.3 is 0 Å². The van der Waals surface area contributed by atoms with Gasteiger partial charge in [-0.1, -0.05) is 115 Å². The van der Waals surface area contributed by atoms with E-state index in [0.717, 1.165) is 71.0 Å². The Kier molecular flexibility index (Phi) is 16.6. The highest BCUT2D eigenvalue weighted by atomic mass is 14.3. The topological polar surface area (TPSA) is 0 Å². The molecule has 0 saturated heterocycles. The van der Waals surface area contributed by atoms with Crippen molar-refractivity contribution in [2.45, 2.75) is 160 Å². The van der Waals surface area contributed by atoms with Gasteiger partial charge in [-0.3, -0.25) is 0 Å². The molecule has 0 heteroatoms. The zero-order valence-corrected chi connectivity index (χ0v) is 27.4. The van der Waals surface area contributed by atoms with Crippen LogP contribution in [-0.4, -0.2) is 0 Å². The normalized spacial score (nSPS) is 31.5. The van der Waals surface area contributed by atoms with E-state index in [9.17, 15) is 0 Å². The molecule has 0 radical (unpaired) electrons. The van der Waals surface area contributed by atoms with Gasteiger partial charge in [0, 0.05) is 0 Å². The van der Waals surface area contributed by atoms with E-state index >= 15 is 0 Å². The highest BCUT2D eigenvalue weighted by Gasteiger charge is 2.29. The molecule has 0 bridgehead atoms. The molecule has 216 valence electrons. The van der Waals surface area contributed by atoms with Crippen LogP contribution < -0.4 is 0 Å². The molecule has 3 aliphatic rings. The molecule has 0 aromatic carbocycles. The first kappa shape index (κ1) is 34.0. The highest BCUT2D eigenvalue weighted by molar-refractivity contribution is 4.80. The van der Waals surface area contributed by atoms with Crippen molar-refractivity contribution >= 4 is 0 Å². The maximum absolute atomic E-state index is 2.39. The third kappa shape index (κ3) is 12.2. The molecule has 0 heterocycles. The van der Waals surface area contributed by atoms with E-state index in [2.05, 4.69) is 83.1 Å². The Morgan fingerprint density at radius 1 is 0.306 bits per heavy atom. The van der Waals surface area contributed by atoms with E-state index in [1.54, 1.807) is 0 Å². The lowest BCUT2D eigenvalue weighted by atomic mass is 9.69. The minimum atomic E-state index is 0.901. The molecule has 3 saturated carbocycles. The summed E-state index contributed by atoms with van der Waals surface area (Å²) in [6.45, 7) is 28.6. The quantitative estimate of drug-likeness (QED) is 0.337. The number of hydrogen-bond acceptors (Lipinski definition) is 0. The summed E-state index contributed by atoms with van der Waals surface area (Å²) in [5.74, 6) is 11.6. The average molecular weight is 505 g/mol. The fraction of sp³-hybridized carbons (Fsp3) is 1.00. The molecule has 0 amide bonds. The smallest absolute Gasteiger partial charge is 0.0360 e. The van der Waals surface area contributed by atoms with Crippen molar-refractivity contribution in [2.24, 2.45) is 71.0 Å². The van der Waals surface area contributed by atoms with Gasteiger partial charge >= 0.3 is 0 Å². The third-order valence-electron chi connectivity index (χ3n) is 10.9. The molecular weight excluding hydrogens is 432 g/mol. The van der Waals surface area contributed by atoms with Crippen LogP contribution in [-0.2, 0) is 0 Å². The SMILES string of the molecule is CC(C)C1CCC(C(C)C)CC1.CC(C)C1CCCC(C(C)C)C1.CC(C)C1CCCCC1C(C)C. The van der Waals surface area contributed by atoms with Crippen molar-refractivity contribution in [3.05, 3.63) is 0 Å². The van der Waals surface area contributed by atoms with E-state index in [1.807, 2.05) is 0 Å². The molecule has 0 N–H and O–H groups in total. The van der Waals surface area contributed by atoms with Crippen LogP contribution in [0.5, 0.6) is 0 Å². The first-order valence-corrected chi connectivity index (χ1v) is 16.8. The summed E-state index contributed by atoms with van der Waals surface area (Å²) in [5, 5.41) is 0. The van der Waals surface area contributed by atoms with Gasteiger partial charge in [-0.05, 0) is 116 Å². The summed E-state index contributed by atoms with van der Waals surface area (Å²) in [6.07, 6.45) is 17.8. The largest absolute Gasteiger partial charge is 0.0625 e. The van der Waals surface area contributed by atoms with Gasteiger partial charge in [0.15, 0.2) is 0 Å². The van der Waals surface area contributed by atoms with Crippen LogP contribution in [0.4, 0.5) is 0 Å². The van der Waals surface area contributed by atoms with Crippen molar-refractivity contribution in [1.29, 1.82) is 0 Å². The van der Waals surface area contributed by atoms with Gasteiger partial charge in [0.2, 0.25) is 0 Å². The first-order valence-electron chi connectivity index (χ1n) is 16.8. The minimum Gasteiger partial charge on any atom is -0.0625 e. The molecule has 0 nitrogen and oxygen atoms in total. The summed E-state index contributed by atoms with van der Waals surface area (Å²) in [4.78, 5) is 0. The highest BCUT2D eigenvalue weighted by Crippen LogP contribution is 2.39. The maximum atomic E-state index is 2.39. The van der Waals surface area contributed by atoms with Gasteiger partial charge in [-0.2, -0.15) is 0 Å². The molecular formula is C36H72. The fourth-order valence-electron chi connectivity index (χ4n) is 7.80. The van der Waals surface area contributed by atoms with Crippen LogP contribution in [0, 0.1) is 71.0 Å². The van der Waals surface area contributed by atoms with Crippen molar-refractivity contribution in [3.63, 3.8) is 0 Å². The van der Waals surface area contributed by atoms with Crippen LogP contribution >= 0.6 is 0 Å². The van der Waals surface area contributed by atoms with Crippen LogP contribution in [0.15, 0.2) is 0 Å². The molecule has 4 unspecified atom stereocenters. The predicted octanol–water partition coefficient (Wildman–Crippen LogP) is 12.3. The average Bonchev–Trinajstić information content (AvgIpc) is 2.84. The first-order chi connectivity index (χ1) is 16.8. The molecule has 3 fully saturated rings. The van der Waals surface area contributed by atoms with Crippen LogP contribution in [0.3, 0.4) is 0 Å². The lowest BCUT2D eigenvalue weighted by Gasteiger charge is -2.37. The van der Waals surface area contributed by atoms with E-state index in [0.29, 0.717) is 0 Å². The third-order valence-corrected chi connectivity index (χ3v) is 10.9. The van der Waals surface area contributed by atoms with E-state index in [4.69, 9.17) is 0 Å². The van der Waals surface area contributed by atoms with Gasteiger partial charge in [0.1, 0.15) is 0 Å².